The monoisotopic (exact) mass is 330 g/mol. The molecule has 2 fully saturated rings. The molecule has 1 amide bonds. The second-order valence-corrected chi connectivity index (χ2v) is 7.36. The summed E-state index contributed by atoms with van der Waals surface area (Å²) in [6, 6.07) is 4.00. The van der Waals surface area contributed by atoms with Crippen molar-refractivity contribution >= 4 is 23.4 Å². The van der Waals surface area contributed by atoms with E-state index in [-0.39, 0.29) is 0 Å². The topological polar surface area (TPSA) is 60.2 Å². The summed E-state index contributed by atoms with van der Waals surface area (Å²) in [6.07, 6.45) is 6.12. The number of carbonyl (C=O) groups excluding carboxylic acids is 1. The van der Waals surface area contributed by atoms with E-state index in [1.807, 2.05) is 16.7 Å². The standard InChI is InChI=1S/C17H22N4OS/c18-12-15-1-4-19-13-16(15)20-5-2-14(3-6-20)11-17(22)21-7-9-23-10-8-21/h1,4,13-14H,2-3,5-11H2. The van der Waals surface area contributed by atoms with E-state index in [2.05, 4.69) is 16.0 Å². The number of anilines is 1. The van der Waals surface area contributed by atoms with Gasteiger partial charge in [0.05, 0.1) is 17.4 Å². The first kappa shape index (κ1) is 16.1. The first-order valence-electron chi connectivity index (χ1n) is 8.22. The number of nitriles is 1. The van der Waals surface area contributed by atoms with Crippen molar-refractivity contribution in [1.82, 2.24) is 9.88 Å². The third kappa shape index (κ3) is 3.97. The Kier molecular flexibility index (Phi) is 5.39. The van der Waals surface area contributed by atoms with Crippen molar-refractivity contribution in [3.05, 3.63) is 24.0 Å². The highest BCUT2D eigenvalue weighted by atomic mass is 32.2. The van der Waals surface area contributed by atoms with Gasteiger partial charge in [-0.2, -0.15) is 17.0 Å². The van der Waals surface area contributed by atoms with Gasteiger partial charge in [0.15, 0.2) is 0 Å². The summed E-state index contributed by atoms with van der Waals surface area (Å²) in [6.45, 7) is 3.61. The smallest absolute Gasteiger partial charge is 0.222 e. The van der Waals surface area contributed by atoms with Gasteiger partial charge in [0, 0.05) is 50.3 Å². The summed E-state index contributed by atoms with van der Waals surface area (Å²) < 4.78 is 0. The molecule has 0 saturated carbocycles. The lowest BCUT2D eigenvalue weighted by Gasteiger charge is -2.35. The number of nitrogens with zero attached hydrogens (tertiary/aromatic N) is 4. The first-order valence-corrected chi connectivity index (χ1v) is 9.38. The molecule has 1 aromatic heterocycles. The maximum absolute atomic E-state index is 12.4. The van der Waals surface area contributed by atoms with Crippen LogP contribution >= 0.6 is 11.8 Å². The maximum Gasteiger partial charge on any atom is 0.222 e. The van der Waals surface area contributed by atoms with E-state index < -0.39 is 0 Å². The van der Waals surface area contributed by atoms with Gasteiger partial charge >= 0.3 is 0 Å². The van der Waals surface area contributed by atoms with Crippen molar-refractivity contribution in [2.45, 2.75) is 19.3 Å². The second-order valence-electron chi connectivity index (χ2n) is 6.13. The molecule has 0 bridgehead atoms. The lowest BCUT2D eigenvalue weighted by molar-refractivity contribution is -0.132. The van der Waals surface area contributed by atoms with Crippen molar-refractivity contribution in [1.29, 1.82) is 5.26 Å². The molecule has 0 atom stereocenters. The number of pyridine rings is 1. The van der Waals surface area contributed by atoms with Crippen molar-refractivity contribution in [2.24, 2.45) is 5.92 Å². The maximum atomic E-state index is 12.4. The van der Waals surface area contributed by atoms with Gasteiger partial charge in [0.2, 0.25) is 5.91 Å². The Morgan fingerprint density at radius 2 is 2.04 bits per heavy atom. The molecule has 23 heavy (non-hydrogen) atoms. The van der Waals surface area contributed by atoms with Crippen LogP contribution in [0.1, 0.15) is 24.8 Å². The van der Waals surface area contributed by atoms with Crippen LogP contribution in [-0.4, -0.2) is 53.5 Å². The molecule has 2 aliphatic heterocycles. The van der Waals surface area contributed by atoms with Crippen LogP contribution in [0.2, 0.25) is 0 Å². The number of thioether (sulfide) groups is 1. The summed E-state index contributed by atoms with van der Waals surface area (Å²) in [5.41, 5.74) is 1.60. The highest BCUT2D eigenvalue weighted by Gasteiger charge is 2.25. The lowest BCUT2D eigenvalue weighted by Crippen LogP contribution is -2.40. The summed E-state index contributed by atoms with van der Waals surface area (Å²) in [5, 5.41) is 9.21. The van der Waals surface area contributed by atoms with E-state index >= 15 is 0 Å². The fraction of sp³-hybridized carbons (Fsp3) is 0.588. The van der Waals surface area contributed by atoms with Crippen LogP contribution in [0.4, 0.5) is 5.69 Å². The Morgan fingerprint density at radius 1 is 1.30 bits per heavy atom. The Labute approximate surface area is 141 Å². The molecule has 0 spiro atoms. The lowest BCUT2D eigenvalue weighted by atomic mass is 9.92. The predicted octanol–water partition coefficient (Wildman–Crippen LogP) is 2.14. The van der Waals surface area contributed by atoms with E-state index in [9.17, 15) is 10.1 Å². The molecule has 3 rings (SSSR count). The van der Waals surface area contributed by atoms with Gasteiger partial charge in [0.1, 0.15) is 6.07 Å². The number of aromatic nitrogens is 1. The van der Waals surface area contributed by atoms with Gasteiger partial charge in [-0.05, 0) is 24.8 Å². The van der Waals surface area contributed by atoms with Crippen molar-refractivity contribution in [3.63, 3.8) is 0 Å². The first-order chi connectivity index (χ1) is 11.3. The number of rotatable bonds is 3. The van der Waals surface area contributed by atoms with Crippen LogP contribution in [0.15, 0.2) is 18.5 Å². The highest BCUT2D eigenvalue weighted by molar-refractivity contribution is 7.99. The minimum absolute atomic E-state index is 0.322. The van der Waals surface area contributed by atoms with E-state index in [0.717, 1.165) is 56.2 Å². The van der Waals surface area contributed by atoms with E-state index in [0.29, 0.717) is 23.8 Å². The molecule has 1 aromatic rings. The number of hydrogen-bond donors (Lipinski definition) is 0. The average molecular weight is 330 g/mol. The molecule has 0 N–H and O–H groups in total. The highest BCUT2D eigenvalue weighted by Crippen LogP contribution is 2.27. The molecule has 2 saturated heterocycles. The van der Waals surface area contributed by atoms with Gasteiger partial charge in [0.25, 0.3) is 0 Å². The van der Waals surface area contributed by atoms with Crippen molar-refractivity contribution in [3.8, 4) is 6.07 Å². The molecule has 0 aromatic carbocycles. The molecule has 122 valence electrons. The predicted molar refractivity (Wildman–Crippen MR) is 92.4 cm³/mol. The Morgan fingerprint density at radius 3 is 2.74 bits per heavy atom. The fourth-order valence-corrected chi connectivity index (χ4v) is 4.20. The van der Waals surface area contributed by atoms with E-state index in [4.69, 9.17) is 0 Å². The summed E-state index contributed by atoms with van der Waals surface area (Å²) in [5.74, 6) is 2.93. The summed E-state index contributed by atoms with van der Waals surface area (Å²) in [7, 11) is 0. The summed E-state index contributed by atoms with van der Waals surface area (Å²) in [4.78, 5) is 20.8. The number of hydrogen-bond acceptors (Lipinski definition) is 5. The molecule has 0 aliphatic carbocycles. The van der Waals surface area contributed by atoms with Gasteiger partial charge in [-0.25, -0.2) is 0 Å². The molecule has 2 aliphatic rings. The third-order valence-corrected chi connectivity index (χ3v) is 5.65. The molecule has 3 heterocycles. The van der Waals surface area contributed by atoms with Crippen LogP contribution in [0.25, 0.3) is 0 Å². The molecular weight excluding hydrogens is 308 g/mol. The Bertz CT molecular complexity index is 587. The second kappa shape index (κ2) is 7.69. The zero-order valence-electron chi connectivity index (χ0n) is 13.3. The van der Waals surface area contributed by atoms with Gasteiger partial charge in [-0.15, -0.1) is 0 Å². The van der Waals surface area contributed by atoms with Crippen LogP contribution in [-0.2, 0) is 4.79 Å². The molecular formula is C17H22N4OS. The molecule has 0 radical (unpaired) electrons. The van der Waals surface area contributed by atoms with E-state index in [1.54, 1.807) is 18.5 Å². The zero-order chi connectivity index (χ0) is 16.1. The minimum atomic E-state index is 0.322. The zero-order valence-corrected chi connectivity index (χ0v) is 14.1. The molecule has 5 nitrogen and oxygen atoms in total. The third-order valence-electron chi connectivity index (χ3n) is 4.70. The SMILES string of the molecule is N#Cc1ccncc1N1CCC(CC(=O)N2CCSCC2)CC1. The number of piperidine rings is 1. The van der Waals surface area contributed by atoms with E-state index in [1.165, 1.54) is 0 Å². The largest absolute Gasteiger partial charge is 0.369 e. The van der Waals surface area contributed by atoms with Gasteiger partial charge in [-0.3, -0.25) is 9.78 Å². The molecule has 6 heteroatoms. The van der Waals surface area contributed by atoms with Gasteiger partial charge < -0.3 is 9.80 Å². The molecule has 0 unspecified atom stereocenters. The van der Waals surface area contributed by atoms with Crippen LogP contribution in [0.3, 0.4) is 0 Å². The Hall–Kier alpha value is -1.74. The van der Waals surface area contributed by atoms with Crippen molar-refractivity contribution < 1.29 is 4.79 Å². The quantitative estimate of drug-likeness (QED) is 0.850. The van der Waals surface area contributed by atoms with Crippen LogP contribution < -0.4 is 4.90 Å². The average Bonchev–Trinajstić information content (AvgIpc) is 2.63. The van der Waals surface area contributed by atoms with Crippen molar-refractivity contribution in [2.75, 3.05) is 42.6 Å². The normalized spacial score (nSPS) is 19.4. The fourth-order valence-electron chi connectivity index (χ4n) is 3.30. The van der Waals surface area contributed by atoms with Gasteiger partial charge in [-0.1, -0.05) is 0 Å². The number of carbonyl (C=O) groups is 1. The van der Waals surface area contributed by atoms with Crippen LogP contribution in [0, 0.1) is 17.2 Å². The minimum Gasteiger partial charge on any atom is -0.369 e. The summed E-state index contributed by atoms with van der Waals surface area (Å²) >= 11 is 1.93. The van der Waals surface area contributed by atoms with Crippen LogP contribution in [0.5, 0.6) is 0 Å². The number of amides is 1. The Balaban J connectivity index is 1.52.